The zero-order chi connectivity index (χ0) is 17.0. The van der Waals surface area contributed by atoms with E-state index in [0.717, 1.165) is 4.88 Å². The third-order valence-electron chi connectivity index (χ3n) is 2.79. The maximum absolute atomic E-state index is 12.1. The molecule has 5 nitrogen and oxygen atoms in total. The molecule has 0 aliphatic carbocycles. The van der Waals surface area contributed by atoms with Crippen LogP contribution < -0.4 is 5.32 Å². The number of nitrogens with one attached hydrogen (secondary N) is 1. The number of carbonyl (C=O) groups excluding carboxylic acids is 1. The molecule has 124 valence electrons. The summed E-state index contributed by atoms with van der Waals surface area (Å²) in [5.74, 6) is -0.685. The monoisotopic (exact) mass is 345 g/mol. The van der Waals surface area contributed by atoms with E-state index in [1.807, 2.05) is 6.07 Å². The highest BCUT2D eigenvalue weighted by Gasteiger charge is 2.30. The number of carbonyl (C=O) groups is 1. The summed E-state index contributed by atoms with van der Waals surface area (Å²) in [6, 6.07) is 5.41. The van der Waals surface area contributed by atoms with E-state index in [1.54, 1.807) is 25.3 Å². The quantitative estimate of drug-likeness (QED) is 0.902. The molecule has 2 aromatic rings. The summed E-state index contributed by atoms with van der Waals surface area (Å²) in [6.07, 6.45) is -4.07. The van der Waals surface area contributed by atoms with Gasteiger partial charge in [-0.25, -0.2) is 4.98 Å². The predicted molar refractivity (Wildman–Crippen MR) is 80.2 cm³/mol. The minimum atomic E-state index is -4.47. The Bertz CT molecular complexity index is 674. The standard InChI is InChI=1S/C14H14F3N3O2S/c1-8-11(10-5-3-4-6-18-10)23-13(19-8)20-12(21)9(2)22-7-14(15,16)17/h3-6,9H,7H2,1-2H3,(H,19,20,21)/t9-/m0/s1. The van der Waals surface area contributed by atoms with E-state index in [9.17, 15) is 18.0 Å². The number of anilines is 1. The predicted octanol–water partition coefficient (Wildman–Crippen LogP) is 3.42. The molecule has 2 aromatic heterocycles. The van der Waals surface area contributed by atoms with Crippen LogP contribution in [0.1, 0.15) is 12.6 Å². The van der Waals surface area contributed by atoms with Crippen molar-refractivity contribution >= 4 is 22.4 Å². The second kappa shape index (κ2) is 7.05. The molecule has 0 aliphatic heterocycles. The number of aryl methyl sites for hydroxylation is 1. The van der Waals surface area contributed by atoms with Crippen LogP contribution in [0.2, 0.25) is 0 Å². The number of amides is 1. The largest absolute Gasteiger partial charge is 0.411 e. The van der Waals surface area contributed by atoms with Crippen molar-refractivity contribution in [2.75, 3.05) is 11.9 Å². The minimum absolute atomic E-state index is 0.288. The lowest BCUT2D eigenvalue weighted by Crippen LogP contribution is -2.31. The third kappa shape index (κ3) is 5.00. The average Bonchev–Trinajstić information content (AvgIpc) is 2.85. The number of pyridine rings is 1. The van der Waals surface area contributed by atoms with Gasteiger partial charge >= 0.3 is 6.18 Å². The molecule has 0 spiro atoms. The molecule has 2 heterocycles. The maximum atomic E-state index is 12.1. The number of halogens is 3. The highest BCUT2D eigenvalue weighted by atomic mass is 32.1. The number of hydrogen-bond acceptors (Lipinski definition) is 5. The van der Waals surface area contributed by atoms with Crippen molar-refractivity contribution < 1.29 is 22.7 Å². The second-order valence-corrected chi connectivity index (χ2v) is 5.71. The third-order valence-corrected chi connectivity index (χ3v) is 3.89. The van der Waals surface area contributed by atoms with Crippen LogP contribution in [-0.4, -0.2) is 34.8 Å². The van der Waals surface area contributed by atoms with Crippen molar-refractivity contribution in [1.82, 2.24) is 9.97 Å². The van der Waals surface area contributed by atoms with Gasteiger partial charge in [0.15, 0.2) is 5.13 Å². The molecule has 0 fully saturated rings. The van der Waals surface area contributed by atoms with Gasteiger partial charge in [0.2, 0.25) is 0 Å². The first kappa shape index (κ1) is 17.4. The smallest absolute Gasteiger partial charge is 0.359 e. The highest BCUT2D eigenvalue weighted by Crippen LogP contribution is 2.31. The molecule has 0 saturated heterocycles. The second-order valence-electron chi connectivity index (χ2n) is 4.71. The zero-order valence-electron chi connectivity index (χ0n) is 12.3. The van der Waals surface area contributed by atoms with Crippen molar-refractivity contribution in [1.29, 1.82) is 0 Å². The normalized spacial score (nSPS) is 12.9. The molecule has 0 unspecified atom stereocenters. The Hall–Kier alpha value is -2.00. The van der Waals surface area contributed by atoms with E-state index in [0.29, 0.717) is 11.4 Å². The first-order valence-electron chi connectivity index (χ1n) is 6.64. The van der Waals surface area contributed by atoms with Gasteiger partial charge in [-0.2, -0.15) is 13.2 Å². The Morgan fingerprint density at radius 2 is 2.17 bits per heavy atom. The highest BCUT2D eigenvalue weighted by molar-refractivity contribution is 7.19. The van der Waals surface area contributed by atoms with Crippen LogP contribution in [0.15, 0.2) is 24.4 Å². The van der Waals surface area contributed by atoms with Crippen LogP contribution in [0.25, 0.3) is 10.6 Å². The SMILES string of the molecule is Cc1nc(NC(=O)[C@H](C)OCC(F)(F)F)sc1-c1ccccn1. The van der Waals surface area contributed by atoms with Gasteiger partial charge in [0.1, 0.15) is 12.7 Å². The van der Waals surface area contributed by atoms with E-state index in [4.69, 9.17) is 0 Å². The molecule has 9 heteroatoms. The number of alkyl halides is 3. The zero-order valence-corrected chi connectivity index (χ0v) is 13.2. The number of rotatable bonds is 5. The van der Waals surface area contributed by atoms with Gasteiger partial charge in [-0.3, -0.25) is 15.1 Å². The summed E-state index contributed by atoms with van der Waals surface area (Å²) in [7, 11) is 0. The fourth-order valence-electron chi connectivity index (χ4n) is 1.69. The molecule has 23 heavy (non-hydrogen) atoms. The maximum Gasteiger partial charge on any atom is 0.411 e. The van der Waals surface area contributed by atoms with E-state index >= 15 is 0 Å². The van der Waals surface area contributed by atoms with E-state index in [2.05, 4.69) is 20.0 Å². The fourth-order valence-corrected chi connectivity index (χ4v) is 2.63. The summed E-state index contributed by atoms with van der Waals surface area (Å²) >= 11 is 1.20. The molecule has 0 saturated carbocycles. The Morgan fingerprint density at radius 3 is 2.78 bits per heavy atom. The Balaban J connectivity index is 2.02. The molecule has 1 amide bonds. The van der Waals surface area contributed by atoms with Crippen molar-refractivity contribution in [2.45, 2.75) is 26.1 Å². The number of hydrogen-bond donors (Lipinski definition) is 1. The average molecular weight is 345 g/mol. The summed E-state index contributed by atoms with van der Waals surface area (Å²) in [5.41, 5.74) is 1.39. The number of aromatic nitrogens is 2. The van der Waals surface area contributed by atoms with Crippen LogP contribution in [-0.2, 0) is 9.53 Å². The van der Waals surface area contributed by atoms with E-state index < -0.39 is 24.8 Å². The molecule has 2 rings (SSSR count). The molecule has 0 bridgehead atoms. The molecule has 0 aliphatic rings. The van der Waals surface area contributed by atoms with Crippen LogP contribution in [0.4, 0.5) is 18.3 Å². The minimum Gasteiger partial charge on any atom is -0.359 e. The summed E-state index contributed by atoms with van der Waals surface area (Å²) < 4.78 is 40.7. The lowest BCUT2D eigenvalue weighted by Gasteiger charge is -2.13. The lowest BCUT2D eigenvalue weighted by atomic mass is 10.3. The number of thiazole rings is 1. The van der Waals surface area contributed by atoms with Crippen molar-refractivity contribution in [3.8, 4) is 10.6 Å². The molecular weight excluding hydrogens is 331 g/mol. The fraction of sp³-hybridized carbons (Fsp3) is 0.357. The van der Waals surface area contributed by atoms with Gasteiger partial charge in [-0.1, -0.05) is 17.4 Å². The molecule has 0 aromatic carbocycles. The Morgan fingerprint density at radius 1 is 1.43 bits per heavy atom. The summed E-state index contributed by atoms with van der Waals surface area (Å²) in [4.78, 5) is 21.0. The molecule has 1 N–H and O–H groups in total. The van der Waals surface area contributed by atoms with Gasteiger partial charge in [-0.15, -0.1) is 0 Å². The van der Waals surface area contributed by atoms with E-state index in [1.165, 1.54) is 18.3 Å². The van der Waals surface area contributed by atoms with Crippen LogP contribution in [0, 0.1) is 6.92 Å². The van der Waals surface area contributed by atoms with Crippen molar-refractivity contribution in [2.24, 2.45) is 0 Å². The Labute approximate surface area is 134 Å². The van der Waals surface area contributed by atoms with Crippen LogP contribution in [0.5, 0.6) is 0 Å². The lowest BCUT2D eigenvalue weighted by molar-refractivity contribution is -0.184. The first-order chi connectivity index (χ1) is 10.8. The van der Waals surface area contributed by atoms with Crippen LogP contribution >= 0.6 is 11.3 Å². The van der Waals surface area contributed by atoms with Gasteiger partial charge in [0.05, 0.1) is 16.3 Å². The molecule has 1 atom stereocenters. The van der Waals surface area contributed by atoms with Gasteiger partial charge in [0, 0.05) is 6.20 Å². The summed E-state index contributed by atoms with van der Waals surface area (Å²) in [5, 5.41) is 2.74. The molecule has 0 radical (unpaired) electrons. The van der Waals surface area contributed by atoms with Crippen LogP contribution in [0.3, 0.4) is 0 Å². The van der Waals surface area contributed by atoms with Crippen molar-refractivity contribution in [3.05, 3.63) is 30.1 Å². The van der Waals surface area contributed by atoms with E-state index in [-0.39, 0.29) is 5.13 Å². The van der Waals surface area contributed by atoms with Gasteiger partial charge in [-0.05, 0) is 26.0 Å². The number of ether oxygens (including phenoxy) is 1. The number of nitrogens with zero attached hydrogens (tertiary/aromatic N) is 2. The summed E-state index contributed by atoms with van der Waals surface area (Å²) in [6.45, 7) is 1.54. The topological polar surface area (TPSA) is 64.1 Å². The van der Waals surface area contributed by atoms with Crippen molar-refractivity contribution in [3.63, 3.8) is 0 Å². The Kier molecular flexibility index (Phi) is 5.32. The first-order valence-corrected chi connectivity index (χ1v) is 7.46. The van der Waals surface area contributed by atoms with Gasteiger partial charge < -0.3 is 4.74 Å². The van der Waals surface area contributed by atoms with Gasteiger partial charge in [0.25, 0.3) is 5.91 Å². The molecular formula is C14H14F3N3O2S.